The van der Waals surface area contributed by atoms with Gasteiger partial charge in [-0.25, -0.2) is 0 Å². The number of nitrogens with one attached hydrogen (secondary N) is 1. The van der Waals surface area contributed by atoms with Crippen LogP contribution in [0.15, 0.2) is 22.6 Å². The summed E-state index contributed by atoms with van der Waals surface area (Å²) >= 11 is 6.01. The van der Waals surface area contributed by atoms with Gasteiger partial charge >= 0.3 is 0 Å². The molecule has 104 valence electrons. The van der Waals surface area contributed by atoms with E-state index in [1.165, 1.54) is 12.1 Å². The van der Waals surface area contributed by atoms with E-state index in [-0.39, 0.29) is 22.2 Å². The Labute approximate surface area is 119 Å². The number of nitrogens with zero attached hydrogens (tertiary/aromatic N) is 3. The third-order valence-electron chi connectivity index (χ3n) is 2.99. The Morgan fingerprint density at radius 1 is 1.45 bits per heavy atom. The predicted octanol–water partition coefficient (Wildman–Crippen LogP) is 2.55. The molecule has 1 aliphatic rings. The van der Waals surface area contributed by atoms with E-state index in [0.29, 0.717) is 18.5 Å². The second-order valence-electron chi connectivity index (χ2n) is 4.55. The van der Waals surface area contributed by atoms with Crippen LogP contribution < -0.4 is 5.32 Å². The lowest BCUT2D eigenvalue weighted by Crippen LogP contribution is -2.15. The van der Waals surface area contributed by atoms with Crippen LogP contribution in [0.2, 0.25) is 5.02 Å². The molecule has 0 saturated heterocycles. The molecule has 1 heterocycles. The Bertz CT molecular complexity index is 654. The minimum absolute atomic E-state index is 0.0647. The average Bonchev–Trinajstić information content (AvgIpc) is 3.14. The summed E-state index contributed by atoms with van der Waals surface area (Å²) in [5, 5.41) is 22.2. The molecule has 1 aromatic heterocycles. The molecule has 1 saturated carbocycles. The summed E-state index contributed by atoms with van der Waals surface area (Å²) in [5.74, 6) is 0.455. The molecular weight excluding hydrogens is 284 g/mol. The van der Waals surface area contributed by atoms with Gasteiger partial charge in [0.15, 0.2) is 0 Å². The zero-order valence-corrected chi connectivity index (χ0v) is 11.1. The number of nitro groups is 1. The quantitative estimate of drug-likeness (QED) is 0.672. The number of aromatic nitrogens is 2. The molecule has 0 unspecified atom stereocenters. The molecule has 1 aliphatic carbocycles. The first-order valence-corrected chi connectivity index (χ1v) is 6.52. The van der Waals surface area contributed by atoms with Crippen LogP contribution >= 0.6 is 11.6 Å². The van der Waals surface area contributed by atoms with Gasteiger partial charge in [0.1, 0.15) is 5.56 Å². The number of nitro benzene ring substituents is 1. The highest BCUT2D eigenvalue weighted by Gasteiger charge is 2.24. The highest BCUT2D eigenvalue weighted by atomic mass is 35.5. The zero-order valence-electron chi connectivity index (χ0n) is 10.4. The van der Waals surface area contributed by atoms with Crippen LogP contribution in [0, 0.1) is 10.1 Å². The van der Waals surface area contributed by atoms with Crippen LogP contribution in [0.5, 0.6) is 0 Å². The van der Waals surface area contributed by atoms with Gasteiger partial charge in [0.2, 0.25) is 5.89 Å². The molecule has 0 radical (unpaired) electrons. The van der Waals surface area contributed by atoms with E-state index in [1.54, 1.807) is 6.07 Å². The van der Waals surface area contributed by atoms with Crippen LogP contribution in [0.4, 0.5) is 5.69 Å². The second-order valence-corrected chi connectivity index (χ2v) is 4.95. The standard InChI is InChI=1S/C12H11ClN4O3/c13-8-2-1-3-9(17(18)19)11(8)12-16-15-10(20-12)6-14-7-4-5-7/h1-3,7,14H,4-6H2. The Hall–Kier alpha value is -1.99. The summed E-state index contributed by atoms with van der Waals surface area (Å²) in [6, 6.07) is 4.93. The van der Waals surface area contributed by atoms with Crippen molar-refractivity contribution in [3.63, 3.8) is 0 Å². The van der Waals surface area contributed by atoms with Crippen LogP contribution in [0.3, 0.4) is 0 Å². The van der Waals surface area contributed by atoms with Gasteiger partial charge < -0.3 is 9.73 Å². The highest BCUT2D eigenvalue weighted by molar-refractivity contribution is 6.33. The van der Waals surface area contributed by atoms with Crippen molar-refractivity contribution in [3.8, 4) is 11.5 Å². The highest BCUT2D eigenvalue weighted by Crippen LogP contribution is 2.35. The Balaban J connectivity index is 1.90. The summed E-state index contributed by atoms with van der Waals surface area (Å²) < 4.78 is 5.45. The van der Waals surface area contributed by atoms with Gasteiger partial charge in [-0.2, -0.15) is 0 Å². The average molecular weight is 295 g/mol. The van der Waals surface area contributed by atoms with Crippen molar-refractivity contribution in [3.05, 3.63) is 39.2 Å². The van der Waals surface area contributed by atoms with Crippen molar-refractivity contribution in [1.82, 2.24) is 15.5 Å². The summed E-state index contributed by atoms with van der Waals surface area (Å²) in [6.07, 6.45) is 2.30. The second kappa shape index (κ2) is 5.18. The van der Waals surface area contributed by atoms with E-state index < -0.39 is 4.92 Å². The maximum Gasteiger partial charge on any atom is 0.283 e. The van der Waals surface area contributed by atoms with Gasteiger partial charge in [-0.05, 0) is 18.9 Å². The molecule has 2 aromatic rings. The van der Waals surface area contributed by atoms with E-state index in [1.807, 2.05) is 0 Å². The van der Waals surface area contributed by atoms with Gasteiger partial charge in [0, 0.05) is 12.1 Å². The molecule has 7 nitrogen and oxygen atoms in total. The lowest BCUT2D eigenvalue weighted by Gasteiger charge is -2.00. The molecule has 0 bridgehead atoms. The third-order valence-corrected chi connectivity index (χ3v) is 3.30. The summed E-state index contributed by atoms with van der Waals surface area (Å²) in [7, 11) is 0. The molecule has 8 heteroatoms. The largest absolute Gasteiger partial charge is 0.419 e. The number of halogens is 1. The van der Waals surface area contributed by atoms with Gasteiger partial charge in [-0.1, -0.05) is 17.7 Å². The first kappa shape index (κ1) is 13.0. The van der Waals surface area contributed by atoms with Crippen LogP contribution in [-0.2, 0) is 6.54 Å². The van der Waals surface area contributed by atoms with Crippen molar-refractivity contribution in [2.24, 2.45) is 0 Å². The van der Waals surface area contributed by atoms with Crippen molar-refractivity contribution >= 4 is 17.3 Å². The fourth-order valence-electron chi connectivity index (χ4n) is 1.82. The van der Waals surface area contributed by atoms with Crippen molar-refractivity contribution in [1.29, 1.82) is 0 Å². The summed E-state index contributed by atoms with van der Waals surface area (Å²) in [4.78, 5) is 10.5. The van der Waals surface area contributed by atoms with Gasteiger partial charge in [0.25, 0.3) is 11.6 Å². The van der Waals surface area contributed by atoms with E-state index >= 15 is 0 Å². The first-order chi connectivity index (χ1) is 9.65. The minimum Gasteiger partial charge on any atom is -0.419 e. The van der Waals surface area contributed by atoms with Crippen LogP contribution in [0.1, 0.15) is 18.7 Å². The normalized spacial score (nSPS) is 14.4. The summed E-state index contributed by atoms with van der Waals surface area (Å²) in [5.41, 5.74) is 0.00666. The van der Waals surface area contributed by atoms with Crippen molar-refractivity contribution < 1.29 is 9.34 Å². The maximum atomic E-state index is 11.0. The van der Waals surface area contributed by atoms with Crippen LogP contribution in [-0.4, -0.2) is 21.2 Å². The molecule has 20 heavy (non-hydrogen) atoms. The number of rotatable bonds is 5. The summed E-state index contributed by atoms with van der Waals surface area (Å²) in [6.45, 7) is 0.454. The van der Waals surface area contributed by atoms with Crippen molar-refractivity contribution in [2.45, 2.75) is 25.4 Å². The molecule has 0 aliphatic heterocycles. The lowest BCUT2D eigenvalue weighted by atomic mass is 10.2. The minimum atomic E-state index is -0.520. The van der Waals surface area contributed by atoms with E-state index in [0.717, 1.165) is 12.8 Å². The molecule has 0 spiro atoms. The number of hydrogen-bond donors (Lipinski definition) is 1. The molecule has 1 N–H and O–H groups in total. The maximum absolute atomic E-state index is 11.0. The van der Waals surface area contributed by atoms with E-state index in [4.69, 9.17) is 16.0 Å². The zero-order chi connectivity index (χ0) is 14.1. The lowest BCUT2D eigenvalue weighted by molar-refractivity contribution is -0.384. The van der Waals surface area contributed by atoms with E-state index in [2.05, 4.69) is 15.5 Å². The fourth-order valence-corrected chi connectivity index (χ4v) is 2.07. The molecule has 0 amide bonds. The first-order valence-electron chi connectivity index (χ1n) is 6.14. The van der Waals surface area contributed by atoms with Crippen LogP contribution in [0.25, 0.3) is 11.5 Å². The predicted molar refractivity (Wildman–Crippen MR) is 71.3 cm³/mol. The molecule has 1 fully saturated rings. The smallest absolute Gasteiger partial charge is 0.283 e. The topological polar surface area (TPSA) is 94.1 Å². The Morgan fingerprint density at radius 2 is 2.25 bits per heavy atom. The third kappa shape index (κ3) is 2.63. The van der Waals surface area contributed by atoms with Gasteiger partial charge in [0.05, 0.1) is 16.5 Å². The molecule has 1 aromatic carbocycles. The number of hydrogen-bond acceptors (Lipinski definition) is 6. The van der Waals surface area contributed by atoms with Gasteiger partial charge in [-0.15, -0.1) is 10.2 Å². The van der Waals surface area contributed by atoms with Crippen molar-refractivity contribution in [2.75, 3.05) is 0 Å². The monoisotopic (exact) mass is 294 g/mol. The molecule has 0 atom stereocenters. The SMILES string of the molecule is O=[N+]([O-])c1cccc(Cl)c1-c1nnc(CNC2CC2)o1. The Kier molecular flexibility index (Phi) is 3.37. The van der Waals surface area contributed by atoms with E-state index in [9.17, 15) is 10.1 Å². The molecular formula is C12H11ClN4O3. The van der Waals surface area contributed by atoms with Gasteiger partial charge in [-0.3, -0.25) is 10.1 Å². The fraction of sp³-hybridized carbons (Fsp3) is 0.333. The Morgan fingerprint density at radius 3 is 2.95 bits per heavy atom. The molecule has 3 rings (SSSR count). The number of benzene rings is 1.